The summed E-state index contributed by atoms with van der Waals surface area (Å²) in [6, 6.07) is 10.5. The summed E-state index contributed by atoms with van der Waals surface area (Å²) < 4.78 is 33.6. The van der Waals surface area contributed by atoms with Crippen molar-refractivity contribution in [1.82, 2.24) is 14.2 Å². The van der Waals surface area contributed by atoms with Crippen molar-refractivity contribution in [2.24, 2.45) is 4.99 Å². The van der Waals surface area contributed by atoms with Crippen LogP contribution in [-0.2, 0) is 21.4 Å². The molecule has 1 atom stereocenters. The van der Waals surface area contributed by atoms with E-state index in [0.717, 1.165) is 0 Å². The SMILES string of the molecule is C[C@H](N=C1NS(=O)(=O)c2ccccc21)C(=O)Nc1ccc2oc(=O)n(CCN(C)C)c2c1. The molecule has 2 aromatic carbocycles. The molecule has 32 heavy (non-hydrogen) atoms. The summed E-state index contributed by atoms with van der Waals surface area (Å²) in [6.45, 7) is 2.66. The van der Waals surface area contributed by atoms with Crippen molar-refractivity contribution in [2.45, 2.75) is 24.4 Å². The van der Waals surface area contributed by atoms with E-state index in [1.54, 1.807) is 43.3 Å². The average molecular weight is 458 g/mol. The molecule has 2 N–H and O–H groups in total. The van der Waals surface area contributed by atoms with E-state index >= 15 is 0 Å². The topological polar surface area (TPSA) is 126 Å². The van der Waals surface area contributed by atoms with Gasteiger partial charge in [-0.3, -0.25) is 19.1 Å². The fourth-order valence-electron chi connectivity index (χ4n) is 3.38. The highest BCUT2D eigenvalue weighted by molar-refractivity contribution is 7.90. The first kappa shape index (κ1) is 21.8. The number of sulfonamides is 1. The second-order valence-corrected chi connectivity index (χ2v) is 9.40. The molecule has 11 heteroatoms. The zero-order valence-electron chi connectivity index (χ0n) is 17.8. The lowest BCUT2D eigenvalue weighted by Gasteiger charge is -2.11. The normalized spacial score (nSPS) is 16.8. The zero-order chi connectivity index (χ0) is 23.0. The van der Waals surface area contributed by atoms with Gasteiger partial charge in [0.1, 0.15) is 11.9 Å². The van der Waals surface area contributed by atoms with Crippen LogP contribution in [0.15, 0.2) is 61.6 Å². The first-order chi connectivity index (χ1) is 15.2. The number of anilines is 1. The highest BCUT2D eigenvalue weighted by atomic mass is 32.2. The Morgan fingerprint density at radius 2 is 2.00 bits per heavy atom. The van der Waals surface area contributed by atoms with Gasteiger partial charge in [-0.1, -0.05) is 12.1 Å². The van der Waals surface area contributed by atoms with Gasteiger partial charge in [-0.25, -0.2) is 13.2 Å². The van der Waals surface area contributed by atoms with Crippen LogP contribution < -0.4 is 15.8 Å². The minimum atomic E-state index is -3.68. The number of carbonyl (C=O) groups is 1. The van der Waals surface area contributed by atoms with Gasteiger partial charge in [0.05, 0.1) is 10.4 Å². The molecule has 4 rings (SSSR count). The van der Waals surface area contributed by atoms with Crippen molar-refractivity contribution in [3.63, 3.8) is 0 Å². The second-order valence-electron chi connectivity index (χ2n) is 7.75. The summed E-state index contributed by atoms with van der Waals surface area (Å²) in [4.78, 5) is 31.2. The van der Waals surface area contributed by atoms with Crippen LogP contribution in [-0.4, -0.2) is 56.3 Å². The molecule has 0 fully saturated rings. The maximum atomic E-state index is 12.7. The van der Waals surface area contributed by atoms with Crippen molar-refractivity contribution in [3.8, 4) is 0 Å². The van der Waals surface area contributed by atoms with Crippen LogP contribution in [0.5, 0.6) is 0 Å². The van der Waals surface area contributed by atoms with Gasteiger partial charge in [-0.05, 0) is 51.4 Å². The number of aromatic nitrogens is 1. The summed E-state index contributed by atoms with van der Waals surface area (Å²) in [5, 5.41) is 2.76. The number of benzene rings is 2. The van der Waals surface area contributed by atoms with Crippen molar-refractivity contribution >= 4 is 38.6 Å². The van der Waals surface area contributed by atoms with Crippen molar-refractivity contribution < 1.29 is 17.6 Å². The maximum Gasteiger partial charge on any atom is 0.419 e. The number of rotatable bonds is 6. The summed E-state index contributed by atoms with van der Waals surface area (Å²) in [7, 11) is 0.133. The van der Waals surface area contributed by atoms with Crippen molar-refractivity contribution in [2.75, 3.05) is 26.0 Å². The Hall–Kier alpha value is -3.44. The summed E-state index contributed by atoms with van der Waals surface area (Å²) in [6.07, 6.45) is 0. The van der Waals surface area contributed by atoms with Crippen LogP contribution >= 0.6 is 0 Å². The first-order valence-electron chi connectivity index (χ1n) is 9.95. The van der Waals surface area contributed by atoms with Gasteiger partial charge in [-0.15, -0.1) is 0 Å². The standard InChI is InChI=1S/C21H23N5O5S/c1-13(22-19-15-6-4-5-7-18(15)32(29,30)24-19)20(27)23-14-8-9-17-16(12-14)26(21(28)31-17)11-10-25(2)3/h4-9,12-13H,10-11H2,1-3H3,(H,22,24)(H,23,27)/t13-/m0/s1. The molecule has 0 bridgehead atoms. The lowest BCUT2D eigenvalue weighted by Crippen LogP contribution is -2.29. The molecule has 1 aliphatic heterocycles. The highest BCUT2D eigenvalue weighted by Crippen LogP contribution is 2.23. The lowest BCUT2D eigenvalue weighted by atomic mass is 10.2. The third-order valence-corrected chi connectivity index (χ3v) is 6.47. The molecule has 0 saturated carbocycles. The number of amides is 1. The minimum absolute atomic E-state index is 0.131. The molecule has 3 aromatic rings. The molecule has 0 unspecified atom stereocenters. The molecule has 1 aliphatic rings. The molecular weight excluding hydrogens is 434 g/mol. The molecule has 168 valence electrons. The number of carbonyl (C=O) groups excluding carboxylic acids is 1. The van der Waals surface area contributed by atoms with E-state index in [1.807, 2.05) is 19.0 Å². The summed E-state index contributed by atoms with van der Waals surface area (Å²) in [5.41, 5.74) is 1.90. The molecule has 1 amide bonds. The molecule has 0 radical (unpaired) electrons. The van der Waals surface area contributed by atoms with E-state index in [0.29, 0.717) is 35.4 Å². The molecule has 2 heterocycles. The fourth-order valence-corrected chi connectivity index (χ4v) is 4.62. The molecular formula is C21H23N5O5S. The number of nitrogens with zero attached hydrogens (tertiary/aromatic N) is 3. The van der Waals surface area contributed by atoms with Crippen LogP contribution in [0.4, 0.5) is 5.69 Å². The van der Waals surface area contributed by atoms with E-state index in [4.69, 9.17) is 4.42 Å². The lowest BCUT2D eigenvalue weighted by molar-refractivity contribution is -0.117. The predicted molar refractivity (Wildman–Crippen MR) is 120 cm³/mol. The van der Waals surface area contributed by atoms with Gasteiger partial charge in [0.2, 0.25) is 5.91 Å². The predicted octanol–water partition coefficient (Wildman–Crippen LogP) is 1.22. The van der Waals surface area contributed by atoms with Crippen LogP contribution in [0.3, 0.4) is 0 Å². The Morgan fingerprint density at radius 3 is 2.75 bits per heavy atom. The number of likely N-dealkylation sites (N-methyl/N-ethyl adjacent to an activating group) is 1. The Morgan fingerprint density at radius 1 is 1.25 bits per heavy atom. The van der Waals surface area contributed by atoms with Crippen LogP contribution in [0.2, 0.25) is 0 Å². The van der Waals surface area contributed by atoms with Gasteiger partial charge in [-0.2, -0.15) is 0 Å². The Balaban J connectivity index is 1.56. The molecule has 0 saturated heterocycles. The number of fused-ring (bicyclic) bond motifs is 2. The molecule has 10 nitrogen and oxygen atoms in total. The van der Waals surface area contributed by atoms with Crippen molar-refractivity contribution in [3.05, 3.63) is 58.6 Å². The fraction of sp³-hybridized carbons (Fsp3) is 0.286. The Labute approximate surface area is 184 Å². The number of oxazole rings is 1. The number of hydrogen-bond acceptors (Lipinski definition) is 7. The average Bonchev–Trinajstić information content (AvgIpc) is 3.18. The van der Waals surface area contributed by atoms with E-state index in [2.05, 4.69) is 15.0 Å². The summed E-state index contributed by atoms with van der Waals surface area (Å²) in [5.74, 6) is -0.755. The Bertz CT molecular complexity index is 1390. The molecule has 1 aromatic heterocycles. The maximum absolute atomic E-state index is 12.7. The third kappa shape index (κ3) is 4.16. The van der Waals surface area contributed by atoms with Gasteiger partial charge >= 0.3 is 5.76 Å². The van der Waals surface area contributed by atoms with E-state index in [-0.39, 0.29) is 10.7 Å². The number of amidine groups is 1. The molecule has 0 spiro atoms. The van der Waals surface area contributed by atoms with Gasteiger partial charge < -0.3 is 14.6 Å². The van der Waals surface area contributed by atoms with Gasteiger partial charge in [0, 0.05) is 24.3 Å². The first-order valence-corrected chi connectivity index (χ1v) is 11.4. The van der Waals surface area contributed by atoms with E-state index in [1.165, 1.54) is 10.6 Å². The van der Waals surface area contributed by atoms with Crippen molar-refractivity contribution in [1.29, 1.82) is 0 Å². The number of aliphatic imine (C=N–C) groups is 1. The smallest absolute Gasteiger partial charge is 0.408 e. The number of hydrogen-bond donors (Lipinski definition) is 2. The van der Waals surface area contributed by atoms with E-state index in [9.17, 15) is 18.0 Å². The van der Waals surface area contributed by atoms with Crippen LogP contribution in [0, 0.1) is 0 Å². The largest absolute Gasteiger partial charge is 0.419 e. The van der Waals surface area contributed by atoms with Crippen LogP contribution in [0.25, 0.3) is 11.1 Å². The monoisotopic (exact) mass is 457 g/mol. The second kappa shape index (κ2) is 8.24. The minimum Gasteiger partial charge on any atom is -0.408 e. The van der Waals surface area contributed by atoms with Gasteiger partial charge in [0.15, 0.2) is 5.58 Å². The van der Waals surface area contributed by atoms with Gasteiger partial charge in [0.25, 0.3) is 10.0 Å². The van der Waals surface area contributed by atoms with E-state index < -0.39 is 27.7 Å². The number of nitrogens with one attached hydrogen (secondary N) is 2. The van der Waals surface area contributed by atoms with Crippen LogP contribution in [0.1, 0.15) is 12.5 Å². The summed E-state index contributed by atoms with van der Waals surface area (Å²) >= 11 is 0. The zero-order valence-corrected chi connectivity index (χ0v) is 18.6. The Kier molecular flexibility index (Phi) is 5.61. The highest BCUT2D eigenvalue weighted by Gasteiger charge is 2.31. The molecule has 0 aliphatic carbocycles. The third-order valence-electron chi connectivity index (χ3n) is 5.07. The quantitative estimate of drug-likeness (QED) is 0.573.